The lowest BCUT2D eigenvalue weighted by atomic mass is 9.82. The quantitative estimate of drug-likeness (QED) is 0.377. The lowest BCUT2D eigenvalue weighted by Gasteiger charge is -2.22. The monoisotopic (exact) mass is 182 g/mol. The van der Waals surface area contributed by atoms with E-state index in [9.17, 15) is 9.59 Å². The minimum atomic E-state index is -0.907. The number of allylic oxidation sites excluding steroid dienone is 2. The summed E-state index contributed by atoms with van der Waals surface area (Å²) < 4.78 is 4.89. The molecule has 0 amide bonds. The highest BCUT2D eigenvalue weighted by Gasteiger charge is 2.44. The summed E-state index contributed by atoms with van der Waals surface area (Å²) in [5, 5.41) is 0. The molecule has 13 heavy (non-hydrogen) atoms. The van der Waals surface area contributed by atoms with Crippen LogP contribution in [0.3, 0.4) is 0 Å². The summed E-state index contributed by atoms with van der Waals surface area (Å²) in [5.74, 6) is -0.483. The summed E-state index contributed by atoms with van der Waals surface area (Å²) in [4.78, 5) is 22.9. The van der Waals surface area contributed by atoms with Gasteiger partial charge in [0.1, 0.15) is 11.2 Å². The smallest absolute Gasteiger partial charge is 0.320 e. The van der Waals surface area contributed by atoms with Crippen molar-refractivity contribution in [3.63, 3.8) is 0 Å². The van der Waals surface area contributed by atoms with Gasteiger partial charge in [-0.25, -0.2) is 0 Å². The van der Waals surface area contributed by atoms with Crippen LogP contribution < -0.4 is 0 Å². The van der Waals surface area contributed by atoms with Gasteiger partial charge in [-0.2, -0.15) is 0 Å². The zero-order chi connectivity index (χ0) is 9.90. The Morgan fingerprint density at radius 3 is 2.31 bits per heavy atom. The van der Waals surface area contributed by atoms with E-state index < -0.39 is 5.41 Å². The molecule has 0 N–H and O–H groups in total. The summed E-state index contributed by atoms with van der Waals surface area (Å²) in [6.07, 6.45) is 4.69. The van der Waals surface area contributed by atoms with Crippen LogP contribution in [0.15, 0.2) is 12.2 Å². The van der Waals surface area contributed by atoms with Crippen LogP contribution in [0.4, 0.5) is 0 Å². The van der Waals surface area contributed by atoms with Crippen molar-refractivity contribution in [2.45, 2.75) is 26.7 Å². The lowest BCUT2D eigenvalue weighted by Crippen LogP contribution is -2.37. The fraction of sp³-hybridized carbons (Fsp3) is 0.600. The molecule has 3 heteroatoms. The highest BCUT2D eigenvalue weighted by Crippen LogP contribution is 2.35. The average Bonchev–Trinajstić information content (AvgIpc) is 2.53. The number of hydrogen-bond acceptors (Lipinski definition) is 3. The van der Waals surface area contributed by atoms with Crippen LogP contribution in [0.25, 0.3) is 0 Å². The summed E-state index contributed by atoms with van der Waals surface area (Å²) in [5.41, 5.74) is -0.907. The maximum absolute atomic E-state index is 11.5. The maximum atomic E-state index is 11.5. The number of esters is 1. The first-order valence-corrected chi connectivity index (χ1v) is 4.47. The van der Waals surface area contributed by atoms with Crippen LogP contribution in [0.2, 0.25) is 0 Å². The Balaban J connectivity index is 2.80. The highest BCUT2D eigenvalue weighted by atomic mass is 16.5. The van der Waals surface area contributed by atoms with Crippen molar-refractivity contribution in [2.75, 3.05) is 6.61 Å². The zero-order valence-electron chi connectivity index (χ0n) is 8.00. The van der Waals surface area contributed by atoms with Gasteiger partial charge in [0.15, 0.2) is 0 Å². The van der Waals surface area contributed by atoms with Gasteiger partial charge in [-0.3, -0.25) is 9.59 Å². The standard InChI is InChI=1S/C10H14O3/c1-3-13-9(12)10(8(2)11)6-4-5-7-10/h4-5H,3,6-7H2,1-2H3. The molecule has 0 spiro atoms. The average molecular weight is 182 g/mol. The lowest BCUT2D eigenvalue weighted by molar-refractivity contribution is -0.158. The van der Waals surface area contributed by atoms with Gasteiger partial charge < -0.3 is 4.74 Å². The predicted octanol–water partition coefficient (Wildman–Crippen LogP) is 1.47. The van der Waals surface area contributed by atoms with Crippen LogP contribution in [-0.2, 0) is 14.3 Å². The number of hydrogen-bond donors (Lipinski definition) is 0. The number of ether oxygens (including phenoxy) is 1. The van der Waals surface area contributed by atoms with Gasteiger partial charge >= 0.3 is 5.97 Å². The highest BCUT2D eigenvalue weighted by molar-refractivity contribution is 6.03. The Hall–Kier alpha value is -1.12. The molecule has 0 aromatic rings. The van der Waals surface area contributed by atoms with Crippen LogP contribution >= 0.6 is 0 Å². The van der Waals surface area contributed by atoms with Gasteiger partial charge in [-0.15, -0.1) is 0 Å². The van der Waals surface area contributed by atoms with Crippen molar-refractivity contribution in [3.8, 4) is 0 Å². The molecule has 0 unspecified atom stereocenters. The van der Waals surface area contributed by atoms with Crippen LogP contribution in [0, 0.1) is 5.41 Å². The number of rotatable bonds is 3. The molecule has 3 nitrogen and oxygen atoms in total. The second kappa shape index (κ2) is 3.73. The normalized spacial score (nSPS) is 18.6. The maximum Gasteiger partial charge on any atom is 0.320 e. The van der Waals surface area contributed by atoms with E-state index in [2.05, 4.69) is 0 Å². The SMILES string of the molecule is CCOC(=O)C1(C(C)=O)CC=CC1. The first-order valence-electron chi connectivity index (χ1n) is 4.47. The van der Waals surface area contributed by atoms with Gasteiger partial charge in [-0.1, -0.05) is 12.2 Å². The van der Waals surface area contributed by atoms with Crippen molar-refractivity contribution in [1.82, 2.24) is 0 Å². The summed E-state index contributed by atoms with van der Waals surface area (Å²) >= 11 is 0. The van der Waals surface area contributed by atoms with Gasteiger partial charge in [0.2, 0.25) is 0 Å². The Morgan fingerprint density at radius 2 is 1.92 bits per heavy atom. The number of carbonyl (C=O) groups excluding carboxylic acids is 2. The minimum Gasteiger partial charge on any atom is -0.465 e. The van der Waals surface area contributed by atoms with Crippen molar-refractivity contribution >= 4 is 11.8 Å². The first kappa shape index (κ1) is 9.96. The molecule has 1 rings (SSSR count). The summed E-state index contributed by atoms with van der Waals surface area (Å²) in [7, 11) is 0. The topological polar surface area (TPSA) is 43.4 Å². The molecule has 0 bridgehead atoms. The van der Waals surface area contributed by atoms with Gasteiger partial charge in [0, 0.05) is 0 Å². The van der Waals surface area contributed by atoms with Crippen molar-refractivity contribution in [2.24, 2.45) is 5.41 Å². The molecule has 0 radical (unpaired) electrons. The molecule has 0 aromatic heterocycles. The third-order valence-electron chi connectivity index (χ3n) is 2.44. The molecule has 0 aliphatic heterocycles. The van der Waals surface area contributed by atoms with Crippen molar-refractivity contribution in [1.29, 1.82) is 0 Å². The van der Waals surface area contributed by atoms with Crippen LogP contribution in [0.1, 0.15) is 26.7 Å². The van der Waals surface area contributed by atoms with Crippen molar-refractivity contribution in [3.05, 3.63) is 12.2 Å². The van der Waals surface area contributed by atoms with E-state index in [1.807, 2.05) is 12.2 Å². The molecule has 0 fully saturated rings. The molecular formula is C10H14O3. The first-order chi connectivity index (χ1) is 6.13. The number of ketones is 1. The van der Waals surface area contributed by atoms with E-state index in [4.69, 9.17) is 4.74 Å². The largest absolute Gasteiger partial charge is 0.465 e. The predicted molar refractivity (Wildman–Crippen MR) is 48.1 cm³/mol. The second-order valence-electron chi connectivity index (χ2n) is 3.24. The third-order valence-corrected chi connectivity index (χ3v) is 2.44. The van der Waals surface area contributed by atoms with E-state index in [0.29, 0.717) is 19.4 Å². The van der Waals surface area contributed by atoms with Gasteiger partial charge in [0.25, 0.3) is 0 Å². The molecule has 0 atom stereocenters. The molecule has 0 aromatic carbocycles. The Morgan fingerprint density at radius 1 is 1.38 bits per heavy atom. The van der Waals surface area contributed by atoms with Gasteiger partial charge in [0.05, 0.1) is 6.61 Å². The Labute approximate surface area is 77.8 Å². The summed E-state index contributed by atoms with van der Waals surface area (Å²) in [6.45, 7) is 3.52. The van der Waals surface area contributed by atoms with E-state index in [1.54, 1.807) is 6.92 Å². The minimum absolute atomic E-state index is 0.101. The van der Waals surface area contributed by atoms with E-state index >= 15 is 0 Å². The second-order valence-corrected chi connectivity index (χ2v) is 3.24. The number of Topliss-reactive ketones (excluding diaryl/α,β-unsaturated/α-hetero) is 1. The van der Waals surface area contributed by atoms with E-state index in [0.717, 1.165) is 0 Å². The molecule has 0 heterocycles. The van der Waals surface area contributed by atoms with E-state index in [-0.39, 0.29) is 11.8 Å². The molecule has 0 saturated heterocycles. The Bertz CT molecular complexity index is 245. The molecule has 0 saturated carbocycles. The molecule has 1 aliphatic carbocycles. The third kappa shape index (κ3) is 1.64. The fourth-order valence-corrected chi connectivity index (χ4v) is 1.52. The fourth-order valence-electron chi connectivity index (χ4n) is 1.52. The van der Waals surface area contributed by atoms with Crippen molar-refractivity contribution < 1.29 is 14.3 Å². The summed E-state index contributed by atoms with van der Waals surface area (Å²) in [6, 6.07) is 0. The zero-order valence-corrected chi connectivity index (χ0v) is 8.00. The van der Waals surface area contributed by atoms with Crippen LogP contribution in [0.5, 0.6) is 0 Å². The molecule has 72 valence electrons. The number of carbonyl (C=O) groups is 2. The van der Waals surface area contributed by atoms with Crippen LogP contribution in [-0.4, -0.2) is 18.4 Å². The van der Waals surface area contributed by atoms with Gasteiger partial charge in [-0.05, 0) is 26.7 Å². The Kier molecular flexibility index (Phi) is 2.86. The van der Waals surface area contributed by atoms with E-state index in [1.165, 1.54) is 6.92 Å². The molecule has 1 aliphatic rings. The molecular weight excluding hydrogens is 168 g/mol.